The van der Waals surface area contributed by atoms with Gasteiger partial charge in [0.2, 0.25) is 0 Å². The van der Waals surface area contributed by atoms with Gasteiger partial charge >= 0.3 is 5.97 Å². The van der Waals surface area contributed by atoms with Crippen molar-refractivity contribution in [1.82, 2.24) is 4.90 Å². The van der Waals surface area contributed by atoms with Crippen molar-refractivity contribution >= 4 is 23.3 Å². The number of amides is 1. The Morgan fingerprint density at radius 1 is 1.33 bits per heavy atom. The van der Waals surface area contributed by atoms with E-state index in [9.17, 15) is 14.7 Å². The van der Waals surface area contributed by atoms with Crippen molar-refractivity contribution in [3.8, 4) is 0 Å². The molecule has 1 unspecified atom stereocenters. The number of rotatable bonds is 4. The van der Waals surface area contributed by atoms with E-state index >= 15 is 0 Å². The minimum atomic E-state index is -0.988. The molecule has 0 saturated carbocycles. The van der Waals surface area contributed by atoms with E-state index in [-0.39, 0.29) is 24.1 Å². The number of benzene rings is 1. The smallest absolute Gasteiger partial charge is 0.328 e. The molecule has 1 aromatic carbocycles. The Morgan fingerprint density at radius 2 is 1.95 bits per heavy atom. The van der Waals surface area contributed by atoms with Gasteiger partial charge < -0.3 is 10.0 Å². The molecule has 0 bridgehead atoms. The summed E-state index contributed by atoms with van der Waals surface area (Å²) in [6.07, 6.45) is 0.111. The van der Waals surface area contributed by atoms with E-state index in [0.717, 1.165) is 0 Å². The molecule has 21 heavy (non-hydrogen) atoms. The maximum absolute atomic E-state index is 12.3. The van der Waals surface area contributed by atoms with Crippen LogP contribution in [0.3, 0.4) is 0 Å². The summed E-state index contributed by atoms with van der Waals surface area (Å²) in [6, 6.07) is 8.21. The van der Waals surface area contributed by atoms with Gasteiger partial charge in [0.25, 0.3) is 5.91 Å². The number of carbonyl (C=O) groups is 2. The van der Waals surface area contributed by atoms with Gasteiger partial charge in [-0.1, -0.05) is 18.2 Å². The van der Waals surface area contributed by atoms with Crippen LogP contribution < -0.4 is 5.01 Å². The largest absolute Gasteiger partial charge is 0.480 e. The van der Waals surface area contributed by atoms with Crippen LogP contribution in [0.4, 0.5) is 5.69 Å². The SMILES string of the molecule is CC(C)N(C)C(=O)C1=NN(c2ccccc2)C(C(=O)O)C1. The average molecular weight is 289 g/mol. The molecule has 6 heteroatoms. The quantitative estimate of drug-likeness (QED) is 0.913. The molecule has 0 aliphatic carbocycles. The van der Waals surface area contributed by atoms with E-state index in [1.165, 1.54) is 5.01 Å². The van der Waals surface area contributed by atoms with Gasteiger partial charge in [-0.2, -0.15) is 5.10 Å². The van der Waals surface area contributed by atoms with Crippen LogP contribution in [0.2, 0.25) is 0 Å². The third-order valence-electron chi connectivity index (χ3n) is 3.56. The molecule has 0 spiro atoms. The van der Waals surface area contributed by atoms with Gasteiger partial charge in [-0.15, -0.1) is 0 Å². The van der Waals surface area contributed by atoms with Crippen LogP contribution in [-0.2, 0) is 9.59 Å². The molecule has 1 aliphatic heterocycles. The molecule has 0 fully saturated rings. The topological polar surface area (TPSA) is 73.2 Å². The zero-order valence-electron chi connectivity index (χ0n) is 12.4. The van der Waals surface area contributed by atoms with Crippen molar-refractivity contribution < 1.29 is 14.7 Å². The first-order valence-corrected chi connectivity index (χ1v) is 6.83. The van der Waals surface area contributed by atoms with E-state index in [2.05, 4.69) is 5.10 Å². The number of hydrogen-bond donors (Lipinski definition) is 1. The van der Waals surface area contributed by atoms with E-state index < -0.39 is 12.0 Å². The summed E-state index contributed by atoms with van der Waals surface area (Å²) in [4.78, 5) is 25.3. The zero-order valence-corrected chi connectivity index (χ0v) is 12.4. The minimum absolute atomic E-state index is 0.0363. The molecule has 6 nitrogen and oxygen atoms in total. The van der Waals surface area contributed by atoms with E-state index in [1.807, 2.05) is 32.0 Å². The maximum atomic E-state index is 12.3. The molecule has 1 N–H and O–H groups in total. The Bertz CT molecular complexity index is 569. The Morgan fingerprint density at radius 3 is 2.48 bits per heavy atom. The lowest BCUT2D eigenvalue weighted by Crippen LogP contribution is -2.38. The first-order chi connectivity index (χ1) is 9.91. The summed E-state index contributed by atoms with van der Waals surface area (Å²) in [6.45, 7) is 3.80. The first kappa shape index (κ1) is 15.0. The summed E-state index contributed by atoms with van der Waals surface area (Å²) in [5, 5.41) is 15.0. The normalized spacial score (nSPS) is 17.8. The van der Waals surface area contributed by atoms with Crippen molar-refractivity contribution in [2.24, 2.45) is 5.10 Å². The molecule has 1 atom stereocenters. The van der Waals surface area contributed by atoms with Crippen molar-refractivity contribution in [1.29, 1.82) is 0 Å². The first-order valence-electron chi connectivity index (χ1n) is 6.83. The highest BCUT2D eigenvalue weighted by Crippen LogP contribution is 2.25. The second-order valence-corrected chi connectivity index (χ2v) is 5.29. The number of carboxylic acids is 1. The van der Waals surface area contributed by atoms with Crippen molar-refractivity contribution in [2.75, 3.05) is 12.1 Å². The highest BCUT2D eigenvalue weighted by Gasteiger charge is 2.37. The van der Waals surface area contributed by atoms with Crippen LogP contribution in [0.25, 0.3) is 0 Å². The van der Waals surface area contributed by atoms with Crippen LogP contribution in [-0.4, -0.2) is 46.7 Å². The lowest BCUT2D eigenvalue weighted by atomic mass is 10.1. The number of para-hydroxylation sites is 1. The van der Waals surface area contributed by atoms with Gasteiger partial charge in [-0.05, 0) is 26.0 Å². The van der Waals surface area contributed by atoms with Crippen molar-refractivity contribution in [3.63, 3.8) is 0 Å². The molecule has 1 heterocycles. The van der Waals surface area contributed by atoms with E-state index in [0.29, 0.717) is 5.69 Å². The third kappa shape index (κ3) is 3.04. The Labute approximate surface area is 123 Å². The predicted octanol–water partition coefficient (Wildman–Crippen LogP) is 1.57. The van der Waals surface area contributed by atoms with E-state index in [4.69, 9.17) is 0 Å². The fraction of sp³-hybridized carbons (Fsp3) is 0.400. The van der Waals surface area contributed by atoms with Crippen LogP contribution >= 0.6 is 0 Å². The molecule has 1 amide bonds. The van der Waals surface area contributed by atoms with Crippen LogP contribution in [0.1, 0.15) is 20.3 Å². The molecular formula is C15H19N3O3. The molecular weight excluding hydrogens is 270 g/mol. The fourth-order valence-corrected chi connectivity index (χ4v) is 2.09. The zero-order chi connectivity index (χ0) is 15.6. The Kier molecular flexibility index (Phi) is 4.26. The van der Waals surface area contributed by atoms with Gasteiger partial charge in [0, 0.05) is 19.5 Å². The number of hydrazone groups is 1. The number of nitrogens with zero attached hydrogens (tertiary/aromatic N) is 3. The number of carboxylic acid groups (broad SMARTS) is 1. The van der Waals surface area contributed by atoms with Gasteiger partial charge in [-0.25, -0.2) is 4.79 Å². The summed E-state index contributed by atoms with van der Waals surface area (Å²) in [7, 11) is 1.69. The van der Waals surface area contributed by atoms with E-state index in [1.54, 1.807) is 24.1 Å². The van der Waals surface area contributed by atoms with Crippen LogP contribution in [0.15, 0.2) is 35.4 Å². The minimum Gasteiger partial charge on any atom is -0.480 e. The number of aliphatic carboxylic acids is 1. The van der Waals surface area contributed by atoms with Crippen LogP contribution in [0.5, 0.6) is 0 Å². The lowest BCUT2D eigenvalue weighted by molar-refractivity contribution is -0.138. The molecule has 0 aromatic heterocycles. The second kappa shape index (κ2) is 5.95. The summed E-state index contributed by atoms with van der Waals surface area (Å²) in [5.41, 5.74) is 0.947. The lowest BCUT2D eigenvalue weighted by Gasteiger charge is -2.20. The highest BCUT2D eigenvalue weighted by atomic mass is 16.4. The summed E-state index contributed by atoms with van der Waals surface area (Å²) >= 11 is 0. The molecule has 112 valence electrons. The van der Waals surface area contributed by atoms with Crippen molar-refractivity contribution in [2.45, 2.75) is 32.4 Å². The van der Waals surface area contributed by atoms with Gasteiger partial charge in [0.1, 0.15) is 5.71 Å². The highest BCUT2D eigenvalue weighted by molar-refractivity contribution is 6.40. The second-order valence-electron chi connectivity index (χ2n) is 5.29. The molecule has 1 aliphatic rings. The third-order valence-corrected chi connectivity index (χ3v) is 3.56. The summed E-state index contributed by atoms with van der Waals surface area (Å²) < 4.78 is 0. The Balaban J connectivity index is 2.30. The maximum Gasteiger partial charge on any atom is 0.328 e. The van der Waals surface area contributed by atoms with Gasteiger partial charge in [-0.3, -0.25) is 9.80 Å². The molecule has 0 radical (unpaired) electrons. The molecule has 2 rings (SSSR count). The fourth-order valence-electron chi connectivity index (χ4n) is 2.09. The molecule has 1 aromatic rings. The number of carbonyl (C=O) groups excluding carboxylic acids is 1. The number of anilines is 1. The Hall–Kier alpha value is -2.37. The van der Waals surface area contributed by atoms with Gasteiger partial charge in [0.15, 0.2) is 6.04 Å². The molecule has 0 saturated heterocycles. The van der Waals surface area contributed by atoms with Crippen LogP contribution in [0, 0.1) is 0 Å². The van der Waals surface area contributed by atoms with Crippen molar-refractivity contribution in [3.05, 3.63) is 30.3 Å². The average Bonchev–Trinajstić information content (AvgIpc) is 2.91. The monoisotopic (exact) mass is 289 g/mol. The predicted molar refractivity (Wildman–Crippen MR) is 80.3 cm³/mol. The number of hydrogen-bond acceptors (Lipinski definition) is 4. The van der Waals surface area contributed by atoms with Gasteiger partial charge in [0.05, 0.1) is 5.69 Å². The standard InChI is InChI=1S/C15H19N3O3/c1-10(2)17(3)14(19)12-9-13(15(20)21)18(16-12)11-7-5-4-6-8-11/h4-8,10,13H,9H2,1-3H3,(H,20,21). The summed E-state index contributed by atoms with van der Waals surface area (Å²) in [5.74, 6) is -1.22.